The van der Waals surface area contributed by atoms with Gasteiger partial charge in [-0.05, 0) is 32.4 Å². The van der Waals surface area contributed by atoms with Gasteiger partial charge in [-0.3, -0.25) is 14.5 Å². The third kappa shape index (κ3) is 3.20. The van der Waals surface area contributed by atoms with Gasteiger partial charge in [0.05, 0.1) is 12.5 Å². The van der Waals surface area contributed by atoms with Crippen LogP contribution in [0.2, 0.25) is 0 Å². The molecule has 2 amide bonds. The second-order valence-corrected chi connectivity index (χ2v) is 5.14. The molecule has 1 N–H and O–H groups in total. The fourth-order valence-corrected chi connectivity index (χ4v) is 2.39. The summed E-state index contributed by atoms with van der Waals surface area (Å²) in [4.78, 5) is 25.1. The van der Waals surface area contributed by atoms with Crippen LogP contribution in [0.1, 0.15) is 25.8 Å². The van der Waals surface area contributed by atoms with Gasteiger partial charge in [0.25, 0.3) is 0 Å². The minimum atomic E-state index is -0.349. The van der Waals surface area contributed by atoms with E-state index in [1.54, 1.807) is 0 Å². The first-order valence-corrected chi connectivity index (χ1v) is 6.73. The summed E-state index contributed by atoms with van der Waals surface area (Å²) >= 11 is 0. The van der Waals surface area contributed by atoms with Crippen LogP contribution < -0.4 is 5.32 Å². The van der Waals surface area contributed by atoms with E-state index >= 15 is 0 Å². The van der Waals surface area contributed by atoms with Gasteiger partial charge in [-0.25, -0.2) is 0 Å². The largest absolute Gasteiger partial charge is 0.305 e. The molecule has 19 heavy (non-hydrogen) atoms. The van der Waals surface area contributed by atoms with Crippen molar-refractivity contribution in [2.45, 2.75) is 38.8 Å². The molecular weight excluding hydrogens is 240 g/mol. The van der Waals surface area contributed by atoms with E-state index in [0.717, 1.165) is 6.42 Å². The number of hydrogen-bond donors (Lipinski definition) is 1. The first-order chi connectivity index (χ1) is 9.09. The lowest BCUT2D eigenvalue weighted by atomic mass is 10.1. The number of nitrogens with one attached hydrogen (secondary N) is 1. The smallest absolute Gasteiger partial charge is 0.247 e. The molecule has 1 unspecified atom stereocenters. The summed E-state index contributed by atoms with van der Waals surface area (Å²) in [5, 5.41) is 3.18. The van der Waals surface area contributed by atoms with Gasteiger partial charge in [-0.2, -0.15) is 0 Å². The average molecular weight is 260 g/mol. The Morgan fingerprint density at radius 2 is 1.95 bits per heavy atom. The van der Waals surface area contributed by atoms with Crippen molar-refractivity contribution in [2.75, 3.05) is 6.54 Å². The second-order valence-electron chi connectivity index (χ2n) is 5.14. The van der Waals surface area contributed by atoms with Crippen LogP contribution >= 0.6 is 0 Å². The normalized spacial score (nSPS) is 19.5. The number of carbonyl (C=O) groups is 2. The molecule has 1 aromatic carbocycles. The number of likely N-dealkylation sites (tertiary alicyclic amines) is 1. The van der Waals surface area contributed by atoms with Crippen LogP contribution in [0.5, 0.6) is 0 Å². The number of imide groups is 1. The van der Waals surface area contributed by atoms with Crippen LogP contribution in [0, 0.1) is 0 Å². The van der Waals surface area contributed by atoms with Gasteiger partial charge in [0.1, 0.15) is 0 Å². The van der Waals surface area contributed by atoms with Gasteiger partial charge in [-0.1, -0.05) is 30.3 Å². The van der Waals surface area contributed by atoms with Crippen molar-refractivity contribution in [3.8, 4) is 0 Å². The Morgan fingerprint density at radius 3 is 2.53 bits per heavy atom. The van der Waals surface area contributed by atoms with Crippen LogP contribution in [0.15, 0.2) is 30.3 Å². The quantitative estimate of drug-likeness (QED) is 0.813. The number of nitrogens with zero attached hydrogens (tertiary/aromatic N) is 1. The predicted octanol–water partition coefficient (Wildman–Crippen LogP) is 1.35. The maximum atomic E-state index is 12.0. The summed E-state index contributed by atoms with van der Waals surface area (Å²) in [5.41, 5.74) is 1.23. The van der Waals surface area contributed by atoms with Crippen LogP contribution in [0.4, 0.5) is 0 Å². The molecule has 0 spiro atoms. The van der Waals surface area contributed by atoms with Gasteiger partial charge >= 0.3 is 0 Å². The number of amides is 2. The van der Waals surface area contributed by atoms with Crippen molar-refractivity contribution < 1.29 is 9.59 Å². The van der Waals surface area contributed by atoms with E-state index in [4.69, 9.17) is 0 Å². The maximum absolute atomic E-state index is 12.0. The third-order valence-corrected chi connectivity index (χ3v) is 3.35. The van der Waals surface area contributed by atoms with Crippen molar-refractivity contribution >= 4 is 11.8 Å². The van der Waals surface area contributed by atoms with E-state index in [2.05, 4.69) is 17.4 Å². The zero-order valence-electron chi connectivity index (χ0n) is 11.4. The highest BCUT2D eigenvalue weighted by Gasteiger charge is 2.39. The molecule has 0 saturated carbocycles. The molecular formula is C15H20N2O2. The Morgan fingerprint density at radius 1 is 1.26 bits per heavy atom. The fraction of sp³-hybridized carbons (Fsp3) is 0.467. The Hall–Kier alpha value is -1.68. The molecule has 4 nitrogen and oxygen atoms in total. The van der Waals surface area contributed by atoms with Crippen molar-refractivity contribution in [3.05, 3.63) is 35.9 Å². The SMILES string of the molecule is CC(C)N1C(=O)CC(NCCc2ccccc2)C1=O. The topological polar surface area (TPSA) is 49.4 Å². The Balaban J connectivity index is 1.84. The molecule has 0 bridgehead atoms. The first kappa shape index (κ1) is 13.7. The molecule has 4 heteroatoms. The van der Waals surface area contributed by atoms with Crippen molar-refractivity contribution in [2.24, 2.45) is 0 Å². The molecule has 102 valence electrons. The summed E-state index contributed by atoms with van der Waals surface area (Å²) in [7, 11) is 0. The lowest BCUT2D eigenvalue weighted by Crippen LogP contribution is -2.42. The number of rotatable bonds is 5. The van der Waals surface area contributed by atoms with Crippen LogP contribution in [-0.2, 0) is 16.0 Å². The molecule has 1 aromatic rings. The van der Waals surface area contributed by atoms with Gasteiger partial charge in [0, 0.05) is 6.04 Å². The van der Waals surface area contributed by atoms with E-state index in [0.29, 0.717) is 6.54 Å². The Bertz CT molecular complexity index is 456. The van der Waals surface area contributed by atoms with E-state index in [1.165, 1.54) is 10.5 Å². The van der Waals surface area contributed by atoms with Gasteiger partial charge < -0.3 is 5.32 Å². The summed E-state index contributed by atoms with van der Waals surface area (Å²) in [6.45, 7) is 4.43. The molecule has 1 aliphatic heterocycles. The minimum absolute atomic E-state index is 0.0547. The third-order valence-electron chi connectivity index (χ3n) is 3.35. The molecule has 0 radical (unpaired) electrons. The summed E-state index contributed by atoms with van der Waals surface area (Å²) in [6.07, 6.45) is 1.15. The molecule has 1 saturated heterocycles. The summed E-state index contributed by atoms with van der Waals surface area (Å²) < 4.78 is 0. The van der Waals surface area contributed by atoms with Crippen LogP contribution in [-0.4, -0.2) is 35.3 Å². The zero-order chi connectivity index (χ0) is 13.8. The number of benzene rings is 1. The van der Waals surface area contributed by atoms with Crippen LogP contribution in [0.3, 0.4) is 0 Å². The van der Waals surface area contributed by atoms with Gasteiger partial charge in [-0.15, -0.1) is 0 Å². The highest BCUT2D eigenvalue weighted by molar-refractivity contribution is 6.05. The predicted molar refractivity (Wildman–Crippen MR) is 73.5 cm³/mol. The minimum Gasteiger partial charge on any atom is -0.305 e. The molecule has 1 fully saturated rings. The first-order valence-electron chi connectivity index (χ1n) is 6.73. The fourth-order valence-electron chi connectivity index (χ4n) is 2.39. The molecule has 1 heterocycles. The van der Waals surface area contributed by atoms with Gasteiger partial charge in [0.2, 0.25) is 11.8 Å². The Labute approximate surface area is 113 Å². The van der Waals surface area contributed by atoms with Crippen molar-refractivity contribution in [1.29, 1.82) is 0 Å². The van der Waals surface area contributed by atoms with E-state index in [1.807, 2.05) is 32.0 Å². The number of carbonyl (C=O) groups excluding carboxylic acids is 2. The molecule has 0 aromatic heterocycles. The molecule has 2 rings (SSSR count). The lowest BCUT2D eigenvalue weighted by Gasteiger charge is -2.19. The Kier molecular flexibility index (Phi) is 4.32. The van der Waals surface area contributed by atoms with Gasteiger partial charge in [0.15, 0.2) is 0 Å². The van der Waals surface area contributed by atoms with E-state index < -0.39 is 0 Å². The number of hydrogen-bond acceptors (Lipinski definition) is 3. The highest BCUT2D eigenvalue weighted by Crippen LogP contribution is 2.16. The van der Waals surface area contributed by atoms with Crippen LogP contribution in [0.25, 0.3) is 0 Å². The molecule has 1 aliphatic rings. The summed E-state index contributed by atoms with van der Waals surface area (Å²) in [5.74, 6) is -0.162. The average Bonchev–Trinajstić information content (AvgIpc) is 2.66. The highest BCUT2D eigenvalue weighted by atomic mass is 16.2. The standard InChI is InChI=1S/C15H20N2O2/c1-11(2)17-14(18)10-13(15(17)19)16-9-8-12-6-4-3-5-7-12/h3-7,11,13,16H,8-10H2,1-2H3. The second kappa shape index (κ2) is 5.97. The molecule has 0 aliphatic carbocycles. The van der Waals surface area contributed by atoms with Crippen molar-refractivity contribution in [1.82, 2.24) is 10.2 Å². The molecule has 1 atom stereocenters. The summed E-state index contributed by atoms with van der Waals surface area (Å²) in [6, 6.07) is 9.70. The van der Waals surface area contributed by atoms with E-state index in [9.17, 15) is 9.59 Å². The lowest BCUT2D eigenvalue weighted by molar-refractivity contribution is -0.140. The zero-order valence-corrected chi connectivity index (χ0v) is 11.4. The maximum Gasteiger partial charge on any atom is 0.247 e. The van der Waals surface area contributed by atoms with Crippen molar-refractivity contribution in [3.63, 3.8) is 0 Å². The van der Waals surface area contributed by atoms with E-state index in [-0.39, 0.29) is 30.3 Å². The monoisotopic (exact) mass is 260 g/mol.